The maximum Gasteiger partial charge on any atom is 0.149 e. The molecule has 1 N–H and O–H groups in total. The van der Waals surface area contributed by atoms with Gasteiger partial charge in [0.05, 0.1) is 0 Å². The zero-order valence-electron chi connectivity index (χ0n) is 13.1. The first kappa shape index (κ1) is 15.2. The minimum absolute atomic E-state index is 0.302. The smallest absolute Gasteiger partial charge is 0.149 e. The average molecular weight is 302 g/mol. The van der Waals surface area contributed by atoms with Crippen molar-refractivity contribution in [3.8, 4) is 0 Å². The molecular formula is C17H23FN4. The highest BCUT2D eigenvalue weighted by molar-refractivity contribution is 5.89. The Hall–Kier alpha value is -1.75. The molecule has 0 radical (unpaired) electrons. The second-order valence-corrected chi connectivity index (χ2v) is 6.21. The van der Waals surface area contributed by atoms with Crippen LogP contribution in [0, 0.1) is 11.7 Å². The standard InChI is InChI=1S/C17H23FN4/c1-13(11-22-8-3-2-4-9-22)10-19-17-14-6-5-7-15(18)16(14)20-12-21-17/h5-7,12-13H,2-4,8-11H2,1H3,(H,19,20,21). The lowest BCUT2D eigenvalue weighted by Gasteiger charge is -2.29. The molecule has 1 fully saturated rings. The summed E-state index contributed by atoms with van der Waals surface area (Å²) in [7, 11) is 0. The molecule has 1 aromatic heterocycles. The van der Waals surface area contributed by atoms with Crippen LogP contribution in [0.25, 0.3) is 10.9 Å². The topological polar surface area (TPSA) is 41.1 Å². The van der Waals surface area contributed by atoms with Crippen molar-refractivity contribution < 1.29 is 4.39 Å². The number of rotatable bonds is 5. The van der Waals surface area contributed by atoms with Crippen molar-refractivity contribution >= 4 is 16.7 Å². The number of nitrogens with one attached hydrogen (secondary N) is 1. The van der Waals surface area contributed by atoms with Crippen LogP contribution < -0.4 is 5.32 Å². The molecule has 0 spiro atoms. The second kappa shape index (κ2) is 7.01. The predicted octanol–water partition coefficient (Wildman–Crippen LogP) is 3.30. The molecule has 0 bridgehead atoms. The molecule has 2 heterocycles. The number of benzene rings is 1. The quantitative estimate of drug-likeness (QED) is 0.920. The van der Waals surface area contributed by atoms with Crippen LogP contribution in [0.5, 0.6) is 0 Å². The molecule has 2 aromatic rings. The van der Waals surface area contributed by atoms with Gasteiger partial charge in [0.1, 0.15) is 23.5 Å². The third-order valence-corrected chi connectivity index (χ3v) is 4.25. The number of fused-ring (bicyclic) bond motifs is 1. The van der Waals surface area contributed by atoms with E-state index in [0.717, 1.165) is 24.3 Å². The summed E-state index contributed by atoms with van der Waals surface area (Å²) in [4.78, 5) is 10.8. The molecule has 1 aromatic carbocycles. The second-order valence-electron chi connectivity index (χ2n) is 6.21. The number of anilines is 1. The Kier molecular flexibility index (Phi) is 4.83. The van der Waals surface area contributed by atoms with E-state index >= 15 is 0 Å². The van der Waals surface area contributed by atoms with Crippen molar-refractivity contribution in [3.63, 3.8) is 0 Å². The molecule has 1 unspecified atom stereocenters. The van der Waals surface area contributed by atoms with Crippen LogP contribution in [0.2, 0.25) is 0 Å². The first-order chi connectivity index (χ1) is 10.7. The summed E-state index contributed by atoms with van der Waals surface area (Å²) in [5, 5.41) is 4.10. The van der Waals surface area contributed by atoms with Crippen molar-refractivity contribution in [3.05, 3.63) is 30.3 Å². The van der Waals surface area contributed by atoms with Gasteiger partial charge < -0.3 is 10.2 Å². The van der Waals surface area contributed by atoms with Gasteiger partial charge >= 0.3 is 0 Å². The van der Waals surface area contributed by atoms with E-state index < -0.39 is 0 Å². The Balaban J connectivity index is 1.62. The lowest BCUT2D eigenvalue weighted by molar-refractivity contribution is 0.204. The number of piperidine rings is 1. The van der Waals surface area contributed by atoms with Crippen molar-refractivity contribution in [2.45, 2.75) is 26.2 Å². The molecule has 1 aliphatic heterocycles. The summed E-state index contributed by atoms with van der Waals surface area (Å²) >= 11 is 0. The van der Waals surface area contributed by atoms with Crippen molar-refractivity contribution in [2.75, 3.05) is 31.5 Å². The highest BCUT2D eigenvalue weighted by Gasteiger charge is 2.14. The van der Waals surface area contributed by atoms with Gasteiger partial charge in [-0.1, -0.05) is 19.4 Å². The summed E-state index contributed by atoms with van der Waals surface area (Å²) < 4.78 is 13.7. The minimum atomic E-state index is -0.302. The van der Waals surface area contributed by atoms with Gasteiger partial charge in [0, 0.05) is 18.5 Å². The van der Waals surface area contributed by atoms with Crippen LogP contribution in [-0.4, -0.2) is 41.0 Å². The lowest BCUT2D eigenvalue weighted by atomic mass is 10.1. The van der Waals surface area contributed by atoms with Gasteiger partial charge in [-0.25, -0.2) is 14.4 Å². The van der Waals surface area contributed by atoms with Gasteiger partial charge in [-0.3, -0.25) is 0 Å². The van der Waals surface area contributed by atoms with Crippen LogP contribution in [0.1, 0.15) is 26.2 Å². The van der Waals surface area contributed by atoms with Crippen LogP contribution in [-0.2, 0) is 0 Å². The molecule has 5 heteroatoms. The first-order valence-electron chi connectivity index (χ1n) is 8.09. The maximum atomic E-state index is 13.7. The fourth-order valence-corrected chi connectivity index (χ4v) is 3.11. The van der Waals surface area contributed by atoms with Crippen molar-refractivity contribution in [1.82, 2.24) is 14.9 Å². The fraction of sp³-hybridized carbons (Fsp3) is 0.529. The number of halogens is 1. The van der Waals surface area contributed by atoms with Crippen molar-refractivity contribution in [1.29, 1.82) is 0 Å². The minimum Gasteiger partial charge on any atom is -0.369 e. The monoisotopic (exact) mass is 302 g/mol. The molecule has 0 aliphatic carbocycles. The summed E-state index contributed by atoms with van der Waals surface area (Å²) in [6.07, 6.45) is 5.41. The number of hydrogen-bond acceptors (Lipinski definition) is 4. The van der Waals surface area contributed by atoms with Crippen LogP contribution in [0.15, 0.2) is 24.5 Å². The van der Waals surface area contributed by atoms with E-state index in [-0.39, 0.29) is 5.82 Å². The summed E-state index contributed by atoms with van der Waals surface area (Å²) in [6, 6.07) is 4.98. The van der Waals surface area contributed by atoms with E-state index in [4.69, 9.17) is 0 Å². The van der Waals surface area contributed by atoms with E-state index in [9.17, 15) is 4.39 Å². The van der Waals surface area contributed by atoms with Gasteiger partial charge in [-0.15, -0.1) is 0 Å². The predicted molar refractivity (Wildman–Crippen MR) is 87.4 cm³/mol. The molecule has 1 aliphatic rings. The summed E-state index contributed by atoms with van der Waals surface area (Å²) in [6.45, 7) is 6.60. The SMILES string of the molecule is CC(CNc1ncnc2c(F)cccc12)CN1CCCCC1. The molecule has 118 valence electrons. The molecule has 0 amide bonds. The van der Waals surface area contributed by atoms with Gasteiger partial charge in [-0.2, -0.15) is 0 Å². The van der Waals surface area contributed by atoms with Crippen molar-refractivity contribution in [2.24, 2.45) is 5.92 Å². The maximum absolute atomic E-state index is 13.7. The Morgan fingerprint density at radius 1 is 1.23 bits per heavy atom. The fourth-order valence-electron chi connectivity index (χ4n) is 3.11. The third kappa shape index (κ3) is 3.53. The number of para-hydroxylation sites is 1. The van der Waals surface area contributed by atoms with E-state index in [1.165, 1.54) is 44.7 Å². The average Bonchev–Trinajstić information content (AvgIpc) is 2.54. The molecule has 1 atom stereocenters. The molecule has 0 saturated carbocycles. The molecule has 3 rings (SSSR count). The Bertz CT molecular complexity index is 625. The largest absolute Gasteiger partial charge is 0.369 e. The highest BCUT2D eigenvalue weighted by Crippen LogP contribution is 2.21. The highest BCUT2D eigenvalue weighted by atomic mass is 19.1. The van der Waals surface area contributed by atoms with E-state index in [2.05, 4.69) is 27.1 Å². The third-order valence-electron chi connectivity index (χ3n) is 4.25. The van der Waals surface area contributed by atoms with E-state index in [1.54, 1.807) is 6.07 Å². The summed E-state index contributed by atoms with van der Waals surface area (Å²) in [5.41, 5.74) is 0.378. The number of aromatic nitrogens is 2. The molecule has 4 nitrogen and oxygen atoms in total. The zero-order valence-corrected chi connectivity index (χ0v) is 13.1. The number of nitrogens with zero attached hydrogens (tertiary/aromatic N) is 3. The Morgan fingerprint density at radius 3 is 2.86 bits per heavy atom. The van der Waals surface area contributed by atoms with Gasteiger partial charge in [0.2, 0.25) is 0 Å². The van der Waals surface area contributed by atoms with Gasteiger partial charge in [0.15, 0.2) is 0 Å². The lowest BCUT2D eigenvalue weighted by Crippen LogP contribution is -2.35. The van der Waals surface area contributed by atoms with Crippen LogP contribution >= 0.6 is 0 Å². The van der Waals surface area contributed by atoms with E-state index in [0.29, 0.717) is 11.4 Å². The van der Waals surface area contributed by atoms with E-state index in [1.807, 2.05) is 6.07 Å². The Labute approximate surface area is 130 Å². The van der Waals surface area contributed by atoms with Gasteiger partial charge in [0.25, 0.3) is 0 Å². The number of likely N-dealkylation sites (tertiary alicyclic amines) is 1. The zero-order chi connectivity index (χ0) is 15.4. The number of hydrogen-bond donors (Lipinski definition) is 1. The normalized spacial score (nSPS) is 17.5. The molecular weight excluding hydrogens is 279 g/mol. The molecule has 1 saturated heterocycles. The summed E-state index contributed by atoms with van der Waals surface area (Å²) in [5.74, 6) is 0.941. The van der Waals surface area contributed by atoms with Crippen LogP contribution in [0.4, 0.5) is 10.2 Å². The van der Waals surface area contributed by atoms with Gasteiger partial charge in [-0.05, 0) is 44.0 Å². The first-order valence-corrected chi connectivity index (χ1v) is 8.09. The molecule has 22 heavy (non-hydrogen) atoms. The van der Waals surface area contributed by atoms with Crippen LogP contribution in [0.3, 0.4) is 0 Å². The Morgan fingerprint density at radius 2 is 2.05 bits per heavy atom.